The summed E-state index contributed by atoms with van der Waals surface area (Å²) in [5.74, 6) is 6.86. The van der Waals surface area contributed by atoms with Crippen molar-refractivity contribution in [2.24, 2.45) is 5.84 Å². The molecule has 0 saturated carbocycles. The largest absolute Gasteiger partial charge is 0.385 e. The Morgan fingerprint density at radius 3 is 2.75 bits per heavy atom. The molecule has 0 aromatic heterocycles. The van der Waals surface area contributed by atoms with E-state index >= 15 is 0 Å². The fraction of sp³-hybridized carbons (Fsp3) is 1.00. The molecule has 3 nitrogen and oxygen atoms in total. The molecular weight excluding hydrogens is 240 g/mol. The molecule has 0 bridgehead atoms. The zero-order chi connectivity index (χ0) is 12.0. The fourth-order valence-electron chi connectivity index (χ4n) is 1.84. The highest BCUT2D eigenvalue weighted by atomic mass is 32.2. The van der Waals surface area contributed by atoms with E-state index in [0.29, 0.717) is 11.3 Å². The van der Waals surface area contributed by atoms with E-state index < -0.39 is 0 Å². The van der Waals surface area contributed by atoms with E-state index in [9.17, 15) is 0 Å². The van der Waals surface area contributed by atoms with Gasteiger partial charge in [0.15, 0.2) is 0 Å². The van der Waals surface area contributed by atoms with Crippen molar-refractivity contribution in [1.82, 2.24) is 5.43 Å². The van der Waals surface area contributed by atoms with Gasteiger partial charge in [-0.15, -0.1) is 0 Å². The van der Waals surface area contributed by atoms with Gasteiger partial charge >= 0.3 is 0 Å². The summed E-state index contributed by atoms with van der Waals surface area (Å²) in [4.78, 5) is 0. The number of nitrogens with two attached hydrogens (primary N) is 1. The molecule has 1 rings (SSSR count). The van der Waals surface area contributed by atoms with Gasteiger partial charge in [0, 0.05) is 41.3 Å². The second-order valence-corrected chi connectivity index (χ2v) is 7.36. The number of hydrogen-bond donors (Lipinski definition) is 2. The van der Waals surface area contributed by atoms with Gasteiger partial charge in [-0.25, -0.2) is 0 Å². The van der Waals surface area contributed by atoms with Crippen LogP contribution in [0.15, 0.2) is 0 Å². The number of rotatable bonds is 6. The molecule has 1 saturated heterocycles. The standard InChI is InChI=1S/C11H24N2OS2/c1-8-9(2)16-11(7-15-8)10(13-12)5-4-6-14-3/h8-11,13H,4-7,12H2,1-3H3. The molecule has 0 aromatic rings. The van der Waals surface area contributed by atoms with Crippen LogP contribution < -0.4 is 11.3 Å². The Balaban J connectivity index is 2.34. The minimum Gasteiger partial charge on any atom is -0.385 e. The number of methoxy groups -OCH3 is 1. The van der Waals surface area contributed by atoms with E-state index in [1.165, 1.54) is 5.75 Å². The van der Waals surface area contributed by atoms with E-state index in [4.69, 9.17) is 10.6 Å². The van der Waals surface area contributed by atoms with Crippen molar-refractivity contribution in [3.05, 3.63) is 0 Å². The summed E-state index contributed by atoms with van der Waals surface area (Å²) < 4.78 is 5.08. The van der Waals surface area contributed by atoms with Gasteiger partial charge in [0.1, 0.15) is 0 Å². The fourth-order valence-corrected chi connectivity index (χ4v) is 4.99. The van der Waals surface area contributed by atoms with E-state index in [1.807, 2.05) is 0 Å². The van der Waals surface area contributed by atoms with E-state index in [2.05, 4.69) is 42.8 Å². The molecule has 0 amide bonds. The Morgan fingerprint density at radius 2 is 2.19 bits per heavy atom. The lowest BCUT2D eigenvalue weighted by Crippen LogP contribution is -2.46. The van der Waals surface area contributed by atoms with E-state index in [-0.39, 0.29) is 0 Å². The average molecular weight is 264 g/mol. The van der Waals surface area contributed by atoms with Crippen LogP contribution in [-0.2, 0) is 4.74 Å². The first-order chi connectivity index (χ1) is 7.69. The Kier molecular flexibility index (Phi) is 7.16. The monoisotopic (exact) mass is 264 g/mol. The molecule has 16 heavy (non-hydrogen) atoms. The Hall–Kier alpha value is 0.580. The first-order valence-electron chi connectivity index (χ1n) is 5.91. The van der Waals surface area contributed by atoms with Crippen molar-refractivity contribution in [3.8, 4) is 0 Å². The van der Waals surface area contributed by atoms with Crippen molar-refractivity contribution in [1.29, 1.82) is 0 Å². The summed E-state index contributed by atoms with van der Waals surface area (Å²) in [5.41, 5.74) is 2.98. The van der Waals surface area contributed by atoms with E-state index in [1.54, 1.807) is 7.11 Å². The predicted octanol–water partition coefficient (Wildman–Crippen LogP) is 1.87. The molecule has 0 aromatic carbocycles. The molecule has 4 atom stereocenters. The lowest BCUT2D eigenvalue weighted by atomic mass is 10.1. The molecule has 4 unspecified atom stereocenters. The minimum atomic E-state index is 0.419. The zero-order valence-electron chi connectivity index (χ0n) is 10.4. The summed E-state index contributed by atoms with van der Waals surface area (Å²) in [6, 6.07) is 0.419. The maximum atomic E-state index is 5.65. The highest BCUT2D eigenvalue weighted by Crippen LogP contribution is 2.37. The summed E-state index contributed by atoms with van der Waals surface area (Å²) in [6.07, 6.45) is 2.18. The summed E-state index contributed by atoms with van der Waals surface area (Å²) in [5, 5.41) is 2.12. The SMILES string of the molecule is COCCCC(NN)C1CSC(C)C(C)S1. The van der Waals surface area contributed by atoms with E-state index in [0.717, 1.165) is 29.9 Å². The number of hydrogen-bond acceptors (Lipinski definition) is 5. The lowest BCUT2D eigenvalue weighted by molar-refractivity contribution is 0.188. The summed E-state index contributed by atoms with van der Waals surface area (Å²) in [6.45, 7) is 5.46. The third-order valence-corrected chi connectivity index (χ3v) is 6.65. The first-order valence-corrected chi connectivity index (χ1v) is 7.90. The molecular formula is C11H24N2OS2. The number of nitrogens with one attached hydrogen (secondary N) is 1. The maximum Gasteiger partial charge on any atom is 0.0462 e. The summed E-state index contributed by atoms with van der Waals surface area (Å²) >= 11 is 4.15. The van der Waals surface area contributed by atoms with Crippen LogP contribution >= 0.6 is 23.5 Å². The molecule has 0 aliphatic carbocycles. The van der Waals surface area contributed by atoms with Crippen LogP contribution in [0, 0.1) is 0 Å². The number of hydrazine groups is 1. The van der Waals surface area contributed by atoms with Gasteiger partial charge in [0.05, 0.1) is 0 Å². The van der Waals surface area contributed by atoms with Crippen molar-refractivity contribution in [2.45, 2.75) is 48.5 Å². The van der Waals surface area contributed by atoms with Crippen LogP contribution in [0.3, 0.4) is 0 Å². The highest BCUT2D eigenvalue weighted by molar-refractivity contribution is 8.07. The smallest absolute Gasteiger partial charge is 0.0462 e. The van der Waals surface area contributed by atoms with Crippen LogP contribution in [0.1, 0.15) is 26.7 Å². The third kappa shape index (κ3) is 4.45. The van der Waals surface area contributed by atoms with Crippen LogP contribution in [0.5, 0.6) is 0 Å². The molecule has 3 N–H and O–H groups in total. The second kappa shape index (κ2) is 7.82. The van der Waals surface area contributed by atoms with Crippen molar-refractivity contribution in [2.75, 3.05) is 19.5 Å². The normalized spacial score (nSPS) is 32.6. The molecule has 1 fully saturated rings. The second-order valence-electron chi connectivity index (χ2n) is 4.33. The Morgan fingerprint density at radius 1 is 1.44 bits per heavy atom. The number of thioether (sulfide) groups is 2. The van der Waals surface area contributed by atoms with Gasteiger partial charge in [-0.2, -0.15) is 23.5 Å². The molecule has 0 spiro atoms. The van der Waals surface area contributed by atoms with Crippen molar-refractivity contribution < 1.29 is 4.74 Å². The van der Waals surface area contributed by atoms with Gasteiger partial charge in [-0.05, 0) is 12.8 Å². The molecule has 1 aliphatic rings. The Bertz CT molecular complexity index is 195. The van der Waals surface area contributed by atoms with Crippen LogP contribution in [0.25, 0.3) is 0 Å². The minimum absolute atomic E-state index is 0.419. The maximum absolute atomic E-state index is 5.65. The molecule has 5 heteroatoms. The third-order valence-electron chi connectivity index (χ3n) is 3.10. The topological polar surface area (TPSA) is 47.3 Å². The molecule has 1 heterocycles. The Labute approximate surface area is 108 Å². The molecule has 96 valence electrons. The predicted molar refractivity (Wildman–Crippen MR) is 75.0 cm³/mol. The first kappa shape index (κ1) is 14.6. The highest BCUT2D eigenvalue weighted by Gasteiger charge is 2.30. The zero-order valence-corrected chi connectivity index (χ0v) is 12.1. The van der Waals surface area contributed by atoms with Gasteiger partial charge in [-0.3, -0.25) is 11.3 Å². The molecule has 0 radical (unpaired) electrons. The van der Waals surface area contributed by atoms with Crippen molar-refractivity contribution in [3.63, 3.8) is 0 Å². The van der Waals surface area contributed by atoms with Crippen LogP contribution in [0.2, 0.25) is 0 Å². The summed E-state index contributed by atoms with van der Waals surface area (Å²) in [7, 11) is 1.75. The van der Waals surface area contributed by atoms with Gasteiger partial charge in [-0.1, -0.05) is 13.8 Å². The van der Waals surface area contributed by atoms with Gasteiger partial charge < -0.3 is 4.74 Å². The van der Waals surface area contributed by atoms with Crippen molar-refractivity contribution >= 4 is 23.5 Å². The quantitative estimate of drug-likeness (QED) is 0.436. The van der Waals surface area contributed by atoms with Gasteiger partial charge in [0.25, 0.3) is 0 Å². The van der Waals surface area contributed by atoms with Gasteiger partial charge in [0.2, 0.25) is 0 Å². The van der Waals surface area contributed by atoms with Crippen LogP contribution in [0.4, 0.5) is 0 Å². The lowest BCUT2D eigenvalue weighted by Gasteiger charge is -2.35. The van der Waals surface area contributed by atoms with Crippen LogP contribution in [-0.4, -0.2) is 41.3 Å². The average Bonchev–Trinajstić information content (AvgIpc) is 2.29. The molecule has 1 aliphatic heterocycles. The number of ether oxygens (including phenoxy) is 1.